The molecule has 2 aromatic carbocycles. The first-order chi connectivity index (χ1) is 10.3. The summed E-state index contributed by atoms with van der Waals surface area (Å²) in [7, 11) is 0. The highest BCUT2D eigenvalue weighted by molar-refractivity contribution is 5.85. The zero-order valence-corrected chi connectivity index (χ0v) is 14.7. The van der Waals surface area contributed by atoms with Crippen molar-refractivity contribution in [3.63, 3.8) is 0 Å². The van der Waals surface area contributed by atoms with E-state index in [0.717, 1.165) is 32.6 Å². The van der Waals surface area contributed by atoms with E-state index < -0.39 is 0 Å². The predicted octanol–water partition coefficient (Wildman–Crippen LogP) is 3.25. The van der Waals surface area contributed by atoms with E-state index in [0.29, 0.717) is 11.8 Å². The number of nitrogens with zero attached hydrogens (tertiary/aromatic N) is 1. The van der Waals surface area contributed by atoms with E-state index in [2.05, 4.69) is 40.5 Å². The number of benzene rings is 2. The highest BCUT2D eigenvalue weighted by Gasteiger charge is 2.19. The summed E-state index contributed by atoms with van der Waals surface area (Å²) >= 11 is 0. The van der Waals surface area contributed by atoms with Crippen LogP contribution in [0.2, 0.25) is 0 Å². The largest absolute Gasteiger partial charge is 0.508 e. The second-order valence-electron chi connectivity index (χ2n) is 5.74. The molecule has 0 spiro atoms. The summed E-state index contributed by atoms with van der Waals surface area (Å²) in [6, 6.07) is 18.7. The summed E-state index contributed by atoms with van der Waals surface area (Å²) < 4.78 is 0. The zero-order valence-electron chi connectivity index (χ0n) is 13.0. The summed E-state index contributed by atoms with van der Waals surface area (Å²) in [6.45, 7) is 4.22. The molecule has 1 atom stereocenters. The quantitative estimate of drug-likeness (QED) is 0.884. The van der Waals surface area contributed by atoms with E-state index in [4.69, 9.17) is 0 Å². The summed E-state index contributed by atoms with van der Waals surface area (Å²) in [5.41, 5.74) is 2.65. The summed E-state index contributed by atoms with van der Waals surface area (Å²) in [4.78, 5) is 2.51. The van der Waals surface area contributed by atoms with Crippen molar-refractivity contribution in [2.24, 2.45) is 0 Å². The van der Waals surface area contributed by atoms with E-state index in [1.807, 2.05) is 12.1 Å². The normalized spacial score (nSPS) is 17.8. The Morgan fingerprint density at radius 1 is 0.957 bits per heavy atom. The first-order valence-electron chi connectivity index (χ1n) is 7.57. The number of hydrogen-bond donors (Lipinski definition) is 2. The van der Waals surface area contributed by atoms with Crippen LogP contribution in [0.1, 0.15) is 11.1 Å². The molecule has 0 aliphatic carbocycles. The molecule has 0 amide bonds. The summed E-state index contributed by atoms with van der Waals surface area (Å²) in [6.07, 6.45) is 1.01. The van der Waals surface area contributed by atoms with Gasteiger partial charge in [0.2, 0.25) is 0 Å². The average molecular weight is 355 g/mol. The van der Waals surface area contributed by atoms with Gasteiger partial charge >= 0.3 is 0 Å². The van der Waals surface area contributed by atoms with Gasteiger partial charge in [-0.1, -0.05) is 42.5 Å². The third kappa shape index (κ3) is 6.04. The third-order valence-corrected chi connectivity index (χ3v) is 4.01. The molecule has 1 fully saturated rings. The molecule has 0 aromatic heterocycles. The third-order valence-electron chi connectivity index (χ3n) is 4.01. The van der Waals surface area contributed by atoms with Crippen LogP contribution in [-0.4, -0.2) is 35.7 Å². The van der Waals surface area contributed by atoms with Crippen LogP contribution in [-0.2, 0) is 13.0 Å². The Morgan fingerprint density at radius 3 is 2.35 bits per heavy atom. The lowest BCUT2D eigenvalue weighted by Gasteiger charge is -2.34. The molecule has 1 saturated heterocycles. The second-order valence-corrected chi connectivity index (χ2v) is 5.74. The van der Waals surface area contributed by atoms with Gasteiger partial charge in [-0.05, 0) is 29.7 Å². The van der Waals surface area contributed by atoms with Crippen LogP contribution in [0.25, 0.3) is 0 Å². The molecule has 1 aliphatic rings. The van der Waals surface area contributed by atoms with Gasteiger partial charge in [0, 0.05) is 32.2 Å². The smallest absolute Gasteiger partial charge is 0.115 e. The first-order valence-corrected chi connectivity index (χ1v) is 7.57. The fourth-order valence-corrected chi connectivity index (χ4v) is 2.93. The van der Waals surface area contributed by atoms with Crippen LogP contribution >= 0.6 is 24.8 Å². The fraction of sp³-hybridized carbons (Fsp3) is 0.333. The SMILES string of the molecule is Cl.Cl.Oc1ccc(CC2CN(Cc3ccccc3)CCN2)cc1. The lowest BCUT2D eigenvalue weighted by atomic mass is 10.0. The molecule has 1 unspecified atom stereocenters. The summed E-state index contributed by atoms with van der Waals surface area (Å²) in [5, 5.41) is 12.9. The minimum atomic E-state index is 0. The van der Waals surface area contributed by atoms with E-state index in [9.17, 15) is 5.11 Å². The van der Waals surface area contributed by atoms with Crippen molar-refractivity contribution in [1.82, 2.24) is 10.2 Å². The minimum Gasteiger partial charge on any atom is -0.508 e. The van der Waals surface area contributed by atoms with Crippen molar-refractivity contribution in [3.05, 3.63) is 65.7 Å². The van der Waals surface area contributed by atoms with Crippen LogP contribution in [0.5, 0.6) is 5.75 Å². The molecule has 1 aliphatic heterocycles. The Bertz CT molecular complexity index is 563. The Morgan fingerprint density at radius 2 is 1.65 bits per heavy atom. The maximum Gasteiger partial charge on any atom is 0.115 e. The second kappa shape index (κ2) is 9.78. The molecule has 126 valence electrons. The van der Waals surface area contributed by atoms with Gasteiger partial charge in [-0.15, -0.1) is 24.8 Å². The highest BCUT2D eigenvalue weighted by atomic mass is 35.5. The van der Waals surface area contributed by atoms with Gasteiger partial charge in [0.15, 0.2) is 0 Å². The molecule has 1 heterocycles. The van der Waals surface area contributed by atoms with Crippen molar-refractivity contribution >= 4 is 24.8 Å². The van der Waals surface area contributed by atoms with E-state index in [1.165, 1.54) is 11.1 Å². The minimum absolute atomic E-state index is 0. The number of hydrogen-bond acceptors (Lipinski definition) is 3. The molecule has 0 radical (unpaired) electrons. The highest BCUT2D eigenvalue weighted by Crippen LogP contribution is 2.14. The molecule has 0 bridgehead atoms. The van der Waals surface area contributed by atoms with Crippen molar-refractivity contribution in [2.75, 3.05) is 19.6 Å². The predicted molar refractivity (Wildman–Crippen MR) is 99.8 cm³/mol. The number of phenolic OH excluding ortho intramolecular Hbond substituents is 1. The Kier molecular flexibility index (Phi) is 8.42. The van der Waals surface area contributed by atoms with Crippen LogP contribution < -0.4 is 5.32 Å². The van der Waals surface area contributed by atoms with Gasteiger partial charge in [-0.2, -0.15) is 0 Å². The number of aromatic hydroxyl groups is 1. The Balaban J connectivity index is 0.00000132. The maximum absolute atomic E-state index is 9.34. The number of halogens is 2. The standard InChI is InChI=1S/C18H22N2O.2ClH/c21-18-8-6-15(7-9-18)12-17-14-20(11-10-19-17)13-16-4-2-1-3-5-16;;/h1-9,17,19,21H,10-14H2;2*1H. The number of nitrogens with one attached hydrogen (secondary N) is 1. The number of piperazine rings is 1. The average Bonchev–Trinajstić information content (AvgIpc) is 2.51. The van der Waals surface area contributed by atoms with Crippen LogP contribution in [0.15, 0.2) is 54.6 Å². The molecule has 3 rings (SSSR count). The lowest BCUT2D eigenvalue weighted by molar-refractivity contribution is 0.192. The van der Waals surface area contributed by atoms with Gasteiger partial charge in [0.25, 0.3) is 0 Å². The first kappa shape index (κ1) is 19.8. The zero-order chi connectivity index (χ0) is 14.5. The maximum atomic E-state index is 9.34. The van der Waals surface area contributed by atoms with E-state index >= 15 is 0 Å². The van der Waals surface area contributed by atoms with Gasteiger partial charge in [-0.3, -0.25) is 4.90 Å². The monoisotopic (exact) mass is 354 g/mol. The topological polar surface area (TPSA) is 35.5 Å². The van der Waals surface area contributed by atoms with Crippen molar-refractivity contribution < 1.29 is 5.11 Å². The van der Waals surface area contributed by atoms with Crippen molar-refractivity contribution in [2.45, 2.75) is 19.0 Å². The lowest BCUT2D eigenvalue weighted by Crippen LogP contribution is -2.51. The molecular formula is C18H24Cl2N2O. The molecule has 2 N–H and O–H groups in total. The Hall–Kier alpha value is -1.26. The molecule has 23 heavy (non-hydrogen) atoms. The van der Waals surface area contributed by atoms with Crippen LogP contribution in [0.4, 0.5) is 0 Å². The number of rotatable bonds is 4. The van der Waals surface area contributed by atoms with Gasteiger partial charge in [0.05, 0.1) is 0 Å². The van der Waals surface area contributed by atoms with Crippen LogP contribution in [0, 0.1) is 0 Å². The number of phenols is 1. The molecule has 2 aromatic rings. The molecule has 3 nitrogen and oxygen atoms in total. The molecular weight excluding hydrogens is 331 g/mol. The molecule has 0 saturated carbocycles. The fourth-order valence-electron chi connectivity index (χ4n) is 2.93. The van der Waals surface area contributed by atoms with E-state index in [-0.39, 0.29) is 24.8 Å². The van der Waals surface area contributed by atoms with Crippen molar-refractivity contribution in [3.8, 4) is 5.75 Å². The van der Waals surface area contributed by atoms with Crippen molar-refractivity contribution in [1.29, 1.82) is 0 Å². The van der Waals surface area contributed by atoms with Gasteiger partial charge in [-0.25, -0.2) is 0 Å². The van der Waals surface area contributed by atoms with E-state index in [1.54, 1.807) is 12.1 Å². The van der Waals surface area contributed by atoms with Gasteiger partial charge in [0.1, 0.15) is 5.75 Å². The summed E-state index contributed by atoms with van der Waals surface area (Å²) in [5.74, 6) is 0.334. The van der Waals surface area contributed by atoms with Crippen LogP contribution in [0.3, 0.4) is 0 Å². The Labute approximate surface area is 150 Å². The van der Waals surface area contributed by atoms with Gasteiger partial charge < -0.3 is 10.4 Å². The molecule has 5 heteroatoms.